The van der Waals surface area contributed by atoms with E-state index in [1.807, 2.05) is 0 Å². The summed E-state index contributed by atoms with van der Waals surface area (Å²) in [6, 6.07) is 4.98. The van der Waals surface area contributed by atoms with Crippen LogP contribution in [0.4, 0.5) is 5.13 Å². The summed E-state index contributed by atoms with van der Waals surface area (Å²) in [7, 11) is 1.31. The van der Waals surface area contributed by atoms with Crippen molar-refractivity contribution in [1.29, 1.82) is 0 Å². The van der Waals surface area contributed by atoms with Crippen LogP contribution >= 0.6 is 38.9 Å². The minimum Gasteiger partial charge on any atom is -0.469 e. The molecule has 110 valence electrons. The van der Waals surface area contributed by atoms with Gasteiger partial charge in [0.2, 0.25) is 0 Å². The van der Waals surface area contributed by atoms with E-state index in [0.717, 1.165) is 4.47 Å². The summed E-state index contributed by atoms with van der Waals surface area (Å²) in [4.78, 5) is 27.4. The Morgan fingerprint density at radius 2 is 2.24 bits per heavy atom. The number of nitrogens with one attached hydrogen (secondary N) is 1. The molecule has 0 saturated heterocycles. The number of nitrogens with zero attached hydrogens (tertiary/aromatic N) is 1. The van der Waals surface area contributed by atoms with Crippen LogP contribution in [-0.4, -0.2) is 24.0 Å². The van der Waals surface area contributed by atoms with Gasteiger partial charge in [-0.25, -0.2) is 4.98 Å². The molecule has 1 aromatic heterocycles. The Bertz CT molecular complexity index is 690. The minimum atomic E-state index is -0.380. The molecule has 0 spiro atoms. The Labute approximate surface area is 138 Å². The number of esters is 1. The van der Waals surface area contributed by atoms with Crippen LogP contribution in [0.15, 0.2) is 28.1 Å². The Morgan fingerprint density at radius 3 is 2.90 bits per heavy atom. The van der Waals surface area contributed by atoms with Crippen molar-refractivity contribution >= 4 is 55.9 Å². The second kappa shape index (κ2) is 7.02. The Balaban J connectivity index is 2.07. The van der Waals surface area contributed by atoms with Crippen LogP contribution in [0.1, 0.15) is 16.1 Å². The van der Waals surface area contributed by atoms with Gasteiger partial charge in [0.15, 0.2) is 5.13 Å². The monoisotopic (exact) mass is 388 g/mol. The van der Waals surface area contributed by atoms with Crippen LogP contribution < -0.4 is 5.32 Å². The number of methoxy groups -OCH3 is 1. The van der Waals surface area contributed by atoms with Crippen molar-refractivity contribution in [1.82, 2.24) is 4.98 Å². The largest absolute Gasteiger partial charge is 0.469 e. The third-order valence-electron chi connectivity index (χ3n) is 2.50. The number of rotatable bonds is 4. The highest BCUT2D eigenvalue weighted by atomic mass is 79.9. The number of benzene rings is 1. The van der Waals surface area contributed by atoms with E-state index >= 15 is 0 Å². The number of halogens is 2. The number of hydrogen-bond acceptors (Lipinski definition) is 5. The second-order valence-electron chi connectivity index (χ2n) is 3.98. The predicted molar refractivity (Wildman–Crippen MR) is 84.9 cm³/mol. The summed E-state index contributed by atoms with van der Waals surface area (Å²) in [6.45, 7) is 0. The zero-order valence-corrected chi connectivity index (χ0v) is 14.0. The molecule has 0 atom stereocenters. The van der Waals surface area contributed by atoms with Crippen molar-refractivity contribution in [3.8, 4) is 0 Å². The first kappa shape index (κ1) is 15.9. The van der Waals surface area contributed by atoms with Crippen LogP contribution in [0.3, 0.4) is 0 Å². The maximum absolute atomic E-state index is 12.1. The molecule has 0 radical (unpaired) electrons. The summed E-state index contributed by atoms with van der Waals surface area (Å²) in [5, 5.41) is 5.08. The molecule has 5 nitrogen and oxygen atoms in total. The van der Waals surface area contributed by atoms with E-state index in [1.54, 1.807) is 23.6 Å². The summed E-state index contributed by atoms with van der Waals surface area (Å²) in [6.07, 6.45) is 0.0713. The molecule has 0 fully saturated rings. The van der Waals surface area contributed by atoms with Crippen LogP contribution in [0.2, 0.25) is 5.02 Å². The van der Waals surface area contributed by atoms with E-state index in [-0.39, 0.29) is 18.3 Å². The van der Waals surface area contributed by atoms with Crippen molar-refractivity contribution in [3.05, 3.63) is 44.3 Å². The van der Waals surface area contributed by atoms with Crippen molar-refractivity contribution in [2.75, 3.05) is 12.4 Å². The van der Waals surface area contributed by atoms with E-state index in [1.165, 1.54) is 18.4 Å². The predicted octanol–water partition coefficient (Wildman–Crippen LogP) is 3.53. The maximum atomic E-state index is 12.1. The van der Waals surface area contributed by atoms with Crippen molar-refractivity contribution in [2.45, 2.75) is 6.42 Å². The van der Waals surface area contributed by atoms with E-state index in [0.29, 0.717) is 21.4 Å². The van der Waals surface area contributed by atoms with Crippen LogP contribution in [0, 0.1) is 0 Å². The fourth-order valence-corrected chi connectivity index (χ4v) is 2.97. The van der Waals surface area contributed by atoms with Gasteiger partial charge in [-0.05, 0) is 18.2 Å². The lowest BCUT2D eigenvalue weighted by molar-refractivity contribution is -0.139. The van der Waals surface area contributed by atoms with Gasteiger partial charge >= 0.3 is 5.97 Å². The van der Waals surface area contributed by atoms with Crippen molar-refractivity contribution < 1.29 is 14.3 Å². The molecule has 1 heterocycles. The molecule has 0 aliphatic carbocycles. The molecule has 1 aromatic carbocycles. The summed E-state index contributed by atoms with van der Waals surface area (Å²) in [5.74, 6) is -0.736. The fourth-order valence-electron chi connectivity index (χ4n) is 1.50. The molecule has 0 unspecified atom stereocenters. The van der Waals surface area contributed by atoms with Gasteiger partial charge in [0.25, 0.3) is 5.91 Å². The first-order valence-corrected chi connectivity index (χ1v) is 7.82. The highest BCUT2D eigenvalue weighted by molar-refractivity contribution is 9.10. The fraction of sp³-hybridized carbons (Fsp3) is 0.154. The smallest absolute Gasteiger partial charge is 0.311 e. The number of hydrogen-bond donors (Lipinski definition) is 1. The van der Waals surface area contributed by atoms with Gasteiger partial charge in [0, 0.05) is 9.85 Å². The number of ether oxygens (including phenoxy) is 1. The lowest BCUT2D eigenvalue weighted by atomic mass is 10.2. The molecule has 0 aliphatic heterocycles. The minimum absolute atomic E-state index is 0.0713. The molecule has 0 aliphatic rings. The standard InChI is InChI=1S/C13H10BrClN2O3S/c1-20-11(18)5-8-6-21-13(16-8)17-12(19)9-3-2-7(14)4-10(9)15/h2-4,6H,5H2,1H3,(H,16,17,19). The van der Waals surface area contributed by atoms with Crippen LogP contribution in [-0.2, 0) is 16.0 Å². The van der Waals surface area contributed by atoms with E-state index < -0.39 is 0 Å². The lowest BCUT2D eigenvalue weighted by Crippen LogP contribution is -2.12. The van der Waals surface area contributed by atoms with Gasteiger partial charge in [-0.2, -0.15) is 0 Å². The first-order valence-electron chi connectivity index (χ1n) is 5.77. The number of amides is 1. The van der Waals surface area contributed by atoms with Gasteiger partial charge < -0.3 is 4.74 Å². The molecule has 1 amide bonds. The van der Waals surface area contributed by atoms with Crippen LogP contribution in [0.25, 0.3) is 0 Å². The zero-order valence-electron chi connectivity index (χ0n) is 10.9. The number of carbonyl (C=O) groups is 2. The molecule has 1 N–H and O–H groups in total. The summed E-state index contributed by atoms with van der Waals surface area (Å²) >= 11 is 10.5. The quantitative estimate of drug-likeness (QED) is 0.812. The Hall–Kier alpha value is -1.44. The molecule has 0 saturated carbocycles. The Morgan fingerprint density at radius 1 is 1.48 bits per heavy atom. The third kappa shape index (κ3) is 4.26. The van der Waals surface area contributed by atoms with Gasteiger partial charge in [-0.3, -0.25) is 14.9 Å². The molecule has 0 bridgehead atoms. The highest BCUT2D eigenvalue weighted by Crippen LogP contribution is 2.23. The van der Waals surface area contributed by atoms with Crippen molar-refractivity contribution in [2.24, 2.45) is 0 Å². The molecule has 21 heavy (non-hydrogen) atoms. The number of aromatic nitrogens is 1. The highest BCUT2D eigenvalue weighted by Gasteiger charge is 2.13. The third-order valence-corrected chi connectivity index (χ3v) is 4.11. The number of anilines is 1. The normalized spacial score (nSPS) is 10.2. The lowest BCUT2D eigenvalue weighted by Gasteiger charge is -2.04. The number of carbonyl (C=O) groups excluding carboxylic acids is 2. The average molecular weight is 390 g/mol. The molecule has 2 aromatic rings. The van der Waals surface area contributed by atoms with E-state index in [2.05, 4.69) is 31.0 Å². The van der Waals surface area contributed by atoms with E-state index in [9.17, 15) is 9.59 Å². The molecular weight excluding hydrogens is 380 g/mol. The van der Waals surface area contributed by atoms with E-state index in [4.69, 9.17) is 11.6 Å². The summed E-state index contributed by atoms with van der Waals surface area (Å²) in [5.41, 5.74) is 0.897. The van der Waals surface area contributed by atoms with Gasteiger partial charge in [0.05, 0.1) is 29.8 Å². The Kier molecular flexibility index (Phi) is 5.33. The first-order chi connectivity index (χ1) is 9.99. The average Bonchev–Trinajstić information content (AvgIpc) is 2.85. The van der Waals surface area contributed by atoms with Crippen LogP contribution in [0.5, 0.6) is 0 Å². The van der Waals surface area contributed by atoms with Gasteiger partial charge in [0.1, 0.15) is 0 Å². The molecule has 8 heteroatoms. The maximum Gasteiger partial charge on any atom is 0.311 e. The second-order valence-corrected chi connectivity index (χ2v) is 6.16. The van der Waals surface area contributed by atoms with Gasteiger partial charge in [-0.15, -0.1) is 11.3 Å². The number of thiazole rings is 1. The zero-order chi connectivity index (χ0) is 15.4. The molecule has 2 rings (SSSR count). The van der Waals surface area contributed by atoms with Crippen molar-refractivity contribution in [3.63, 3.8) is 0 Å². The summed E-state index contributed by atoms with van der Waals surface area (Å²) < 4.78 is 5.35. The topological polar surface area (TPSA) is 68.3 Å². The molecular formula is C13H10BrClN2O3S. The van der Waals surface area contributed by atoms with Gasteiger partial charge in [-0.1, -0.05) is 27.5 Å². The SMILES string of the molecule is COC(=O)Cc1csc(NC(=O)c2ccc(Br)cc2Cl)n1.